The second kappa shape index (κ2) is 6.40. The van der Waals surface area contributed by atoms with Crippen LogP contribution in [0.3, 0.4) is 0 Å². The highest BCUT2D eigenvalue weighted by molar-refractivity contribution is 5.81. The smallest absolute Gasteiger partial charge is 0.260 e. The molecule has 0 radical (unpaired) electrons. The first-order valence-electron chi connectivity index (χ1n) is 7.94. The lowest BCUT2D eigenvalue weighted by Gasteiger charge is -2.09. The molecular formula is C18H15FN6O. The van der Waals surface area contributed by atoms with Crippen molar-refractivity contribution in [3.8, 4) is 5.69 Å². The van der Waals surface area contributed by atoms with Crippen LogP contribution in [-0.2, 0) is 13.6 Å². The molecule has 0 aliphatic rings. The first-order chi connectivity index (χ1) is 12.6. The van der Waals surface area contributed by atoms with Crippen LogP contribution < -0.4 is 10.9 Å². The summed E-state index contributed by atoms with van der Waals surface area (Å²) < 4.78 is 17.1. The number of fused-ring (bicyclic) bond motifs is 1. The normalized spacial score (nSPS) is 11.0. The SMILES string of the molecule is Cn1cnc2cc(NCc3ccc(-n4cncn4)c(F)c3)ccc2c1=O. The van der Waals surface area contributed by atoms with Crippen LogP contribution in [0.4, 0.5) is 10.1 Å². The van der Waals surface area contributed by atoms with Gasteiger partial charge < -0.3 is 9.88 Å². The Balaban J connectivity index is 1.54. The average molecular weight is 350 g/mol. The molecule has 0 spiro atoms. The summed E-state index contributed by atoms with van der Waals surface area (Å²) in [6.07, 6.45) is 4.30. The molecule has 2 aromatic carbocycles. The number of nitrogens with zero attached hydrogens (tertiary/aromatic N) is 5. The fraction of sp³-hybridized carbons (Fsp3) is 0.111. The van der Waals surface area contributed by atoms with Crippen LogP contribution in [0, 0.1) is 5.82 Å². The van der Waals surface area contributed by atoms with Gasteiger partial charge in [-0.15, -0.1) is 0 Å². The van der Waals surface area contributed by atoms with Crippen LogP contribution in [0.15, 0.2) is 60.2 Å². The molecule has 0 aliphatic carbocycles. The first-order valence-corrected chi connectivity index (χ1v) is 7.94. The van der Waals surface area contributed by atoms with Crippen LogP contribution in [0.25, 0.3) is 16.6 Å². The van der Waals surface area contributed by atoms with Gasteiger partial charge in [0, 0.05) is 19.3 Å². The highest BCUT2D eigenvalue weighted by atomic mass is 19.1. The monoisotopic (exact) mass is 350 g/mol. The van der Waals surface area contributed by atoms with Crippen molar-refractivity contribution >= 4 is 16.6 Å². The Morgan fingerprint density at radius 2 is 2.04 bits per heavy atom. The summed E-state index contributed by atoms with van der Waals surface area (Å²) in [6, 6.07) is 10.3. The summed E-state index contributed by atoms with van der Waals surface area (Å²) in [5.74, 6) is -0.376. The van der Waals surface area contributed by atoms with Crippen LogP contribution in [0.1, 0.15) is 5.56 Å². The molecule has 2 aromatic heterocycles. The van der Waals surface area contributed by atoms with E-state index in [1.807, 2.05) is 12.1 Å². The molecule has 26 heavy (non-hydrogen) atoms. The van der Waals surface area contributed by atoms with E-state index in [-0.39, 0.29) is 11.4 Å². The van der Waals surface area contributed by atoms with Gasteiger partial charge in [-0.2, -0.15) is 5.10 Å². The molecule has 8 heteroatoms. The molecule has 4 rings (SSSR count). The minimum absolute atomic E-state index is 0.0904. The second-order valence-electron chi connectivity index (χ2n) is 5.87. The van der Waals surface area contributed by atoms with E-state index in [1.165, 1.54) is 34.3 Å². The molecule has 0 fully saturated rings. The first kappa shape index (κ1) is 15.9. The Labute approximate surface area is 147 Å². The topological polar surface area (TPSA) is 77.6 Å². The van der Waals surface area contributed by atoms with E-state index in [2.05, 4.69) is 20.4 Å². The van der Waals surface area contributed by atoms with Crippen LogP contribution in [0.5, 0.6) is 0 Å². The van der Waals surface area contributed by atoms with Gasteiger partial charge in [-0.05, 0) is 35.9 Å². The van der Waals surface area contributed by atoms with E-state index in [9.17, 15) is 9.18 Å². The fourth-order valence-corrected chi connectivity index (χ4v) is 2.70. The molecule has 1 N–H and O–H groups in total. The summed E-state index contributed by atoms with van der Waals surface area (Å²) in [5.41, 5.74) is 2.46. The van der Waals surface area contributed by atoms with E-state index in [4.69, 9.17) is 0 Å². The summed E-state index contributed by atoms with van der Waals surface area (Å²) in [6.45, 7) is 0.435. The molecule has 7 nitrogen and oxygen atoms in total. The molecule has 4 aromatic rings. The summed E-state index contributed by atoms with van der Waals surface area (Å²) in [7, 11) is 1.67. The van der Waals surface area contributed by atoms with Crippen molar-refractivity contribution in [1.29, 1.82) is 0 Å². The van der Waals surface area contributed by atoms with Crippen LogP contribution in [-0.4, -0.2) is 24.3 Å². The summed E-state index contributed by atoms with van der Waals surface area (Å²) in [4.78, 5) is 20.1. The molecule has 2 heterocycles. The van der Waals surface area contributed by atoms with Gasteiger partial charge in [-0.1, -0.05) is 6.07 Å². The lowest BCUT2D eigenvalue weighted by atomic mass is 10.1. The Bertz CT molecular complexity index is 1140. The van der Waals surface area contributed by atoms with Crippen molar-refractivity contribution < 1.29 is 4.39 Å². The molecule has 0 saturated heterocycles. The molecule has 0 unspecified atom stereocenters. The Morgan fingerprint density at radius 1 is 1.15 bits per heavy atom. The van der Waals surface area contributed by atoms with Gasteiger partial charge in [0.05, 0.1) is 17.2 Å². The number of aromatic nitrogens is 5. The van der Waals surface area contributed by atoms with Crippen LogP contribution in [0.2, 0.25) is 0 Å². The van der Waals surface area contributed by atoms with Gasteiger partial charge in [0.15, 0.2) is 0 Å². The third-order valence-corrected chi connectivity index (χ3v) is 4.09. The minimum atomic E-state index is -0.376. The third-order valence-electron chi connectivity index (χ3n) is 4.09. The largest absolute Gasteiger partial charge is 0.381 e. The second-order valence-corrected chi connectivity index (χ2v) is 5.87. The van der Waals surface area contributed by atoms with E-state index in [1.54, 1.807) is 25.2 Å². The summed E-state index contributed by atoms with van der Waals surface area (Å²) in [5, 5.41) is 7.71. The lowest BCUT2D eigenvalue weighted by molar-refractivity contribution is 0.608. The molecule has 0 amide bonds. The maximum absolute atomic E-state index is 14.3. The van der Waals surface area contributed by atoms with Crippen molar-refractivity contribution in [2.45, 2.75) is 6.54 Å². The zero-order valence-electron chi connectivity index (χ0n) is 13.9. The number of anilines is 1. The van der Waals surface area contributed by atoms with Gasteiger partial charge in [0.2, 0.25) is 0 Å². The molecule has 0 aliphatic heterocycles. The standard InChI is InChI=1S/C18H15FN6O/c1-24-11-22-16-7-13(3-4-14(16)18(24)26)21-8-12-2-5-17(15(19)6-12)25-10-20-9-23-25/h2-7,9-11,21H,8H2,1H3. The van der Waals surface area contributed by atoms with Crippen molar-refractivity contribution in [1.82, 2.24) is 24.3 Å². The van der Waals surface area contributed by atoms with Gasteiger partial charge >= 0.3 is 0 Å². The van der Waals surface area contributed by atoms with Crippen molar-refractivity contribution in [3.63, 3.8) is 0 Å². The highest BCUT2D eigenvalue weighted by Gasteiger charge is 2.07. The Kier molecular flexibility index (Phi) is 3.92. The van der Waals surface area contributed by atoms with E-state index in [0.717, 1.165) is 11.3 Å². The number of aryl methyl sites for hydroxylation is 1. The molecular weight excluding hydrogens is 335 g/mol. The molecule has 0 bridgehead atoms. The van der Waals surface area contributed by atoms with E-state index < -0.39 is 0 Å². The summed E-state index contributed by atoms with van der Waals surface area (Å²) >= 11 is 0. The number of hydrogen-bond donors (Lipinski definition) is 1. The number of rotatable bonds is 4. The number of hydrogen-bond acceptors (Lipinski definition) is 5. The van der Waals surface area contributed by atoms with E-state index in [0.29, 0.717) is 23.1 Å². The van der Waals surface area contributed by atoms with E-state index >= 15 is 0 Å². The predicted octanol–water partition coefficient (Wildman–Crippen LogP) is 2.27. The van der Waals surface area contributed by atoms with Crippen molar-refractivity contribution in [2.75, 3.05) is 5.32 Å². The molecule has 0 saturated carbocycles. The molecule has 130 valence electrons. The lowest BCUT2D eigenvalue weighted by Crippen LogP contribution is -2.16. The van der Waals surface area contributed by atoms with Gasteiger partial charge in [-0.25, -0.2) is 19.0 Å². The van der Waals surface area contributed by atoms with Gasteiger partial charge in [0.1, 0.15) is 24.2 Å². The predicted molar refractivity (Wildman–Crippen MR) is 95.6 cm³/mol. The quantitative estimate of drug-likeness (QED) is 0.611. The maximum atomic E-state index is 14.3. The van der Waals surface area contributed by atoms with Gasteiger partial charge in [-0.3, -0.25) is 4.79 Å². The van der Waals surface area contributed by atoms with Crippen molar-refractivity contribution in [2.24, 2.45) is 7.05 Å². The van der Waals surface area contributed by atoms with Crippen LogP contribution >= 0.6 is 0 Å². The average Bonchev–Trinajstić information content (AvgIpc) is 3.17. The highest BCUT2D eigenvalue weighted by Crippen LogP contribution is 2.17. The Hall–Kier alpha value is -3.55. The number of nitrogens with one attached hydrogen (secondary N) is 1. The fourth-order valence-electron chi connectivity index (χ4n) is 2.70. The minimum Gasteiger partial charge on any atom is -0.381 e. The Morgan fingerprint density at radius 3 is 2.81 bits per heavy atom. The zero-order chi connectivity index (χ0) is 18.1. The van der Waals surface area contributed by atoms with Crippen molar-refractivity contribution in [3.05, 3.63) is 77.1 Å². The zero-order valence-corrected chi connectivity index (χ0v) is 13.9. The third kappa shape index (κ3) is 2.92. The maximum Gasteiger partial charge on any atom is 0.260 e. The number of halogens is 1. The number of benzene rings is 2. The van der Waals surface area contributed by atoms with Gasteiger partial charge in [0.25, 0.3) is 5.56 Å². The molecule has 0 atom stereocenters.